The van der Waals surface area contributed by atoms with Crippen molar-refractivity contribution >= 4 is 5.78 Å². The fourth-order valence-electron chi connectivity index (χ4n) is 2.56. The second kappa shape index (κ2) is 5.08. The van der Waals surface area contributed by atoms with E-state index in [1.807, 2.05) is 0 Å². The van der Waals surface area contributed by atoms with E-state index in [1.165, 1.54) is 12.8 Å². The number of hydrogen-bond donors (Lipinski definition) is 1. The van der Waals surface area contributed by atoms with Gasteiger partial charge in [0.25, 0.3) is 0 Å². The Labute approximate surface area is 91.5 Å². The topological polar surface area (TPSA) is 40.5 Å². The molecule has 0 radical (unpaired) electrons. The van der Waals surface area contributed by atoms with Gasteiger partial charge in [-0.1, -0.05) is 0 Å². The summed E-state index contributed by atoms with van der Waals surface area (Å²) in [5.41, 5.74) is 0. The summed E-state index contributed by atoms with van der Waals surface area (Å²) in [5, 5.41) is 8.95. The fraction of sp³-hybridized carbons (Fsp3) is 0.917. The fourth-order valence-corrected chi connectivity index (χ4v) is 2.56. The van der Waals surface area contributed by atoms with Gasteiger partial charge in [0.2, 0.25) is 0 Å². The molecule has 1 N–H and O–H groups in total. The molecule has 3 nitrogen and oxygen atoms in total. The molecule has 0 saturated heterocycles. The average molecular weight is 211 g/mol. The maximum Gasteiger partial charge on any atom is 0.136 e. The predicted octanol–water partition coefficient (Wildman–Crippen LogP) is 1.20. The number of carbonyl (C=O) groups excluding carboxylic acids is 1. The van der Waals surface area contributed by atoms with E-state index in [4.69, 9.17) is 5.11 Å². The number of nitrogens with zero attached hydrogens (tertiary/aromatic N) is 1. The normalized spacial score (nSPS) is 26.5. The van der Waals surface area contributed by atoms with Crippen LogP contribution < -0.4 is 0 Å². The lowest BCUT2D eigenvalue weighted by atomic mass is 10.0. The smallest absolute Gasteiger partial charge is 0.136 e. The number of ketones is 1. The first-order valence-electron chi connectivity index (χ1n) is 6.19. The largest absolute Gasteiger partial charge is 0.395 e. The Bertz CT molecular complexity index is 226. The van der Waals surface area contributed by atoms with E-state index in [9.17, 15) is 4.79 Å². The van der Waals surface area contributed by atoms with E-state index >= 15 is 0 Å². The van der Waals surface area contributed by atoms with Crippen molar-refractivity contribution in [2.75, 3.05) is 19.7 Å². The van der Waals surface area contributed by atoms with E-state index in [1.54, 1.807) is 0 Å². The Morgan fingerprint density at radius 1 is 1.27 bits per heavy atom. The minimum absolute atomic E-state index is 0.245. The van der Waals surface area contributed by atoms with Gasteiger partial charge < -0.3 is 5.11 Å². The van der Waals surface area contributed by atoms with Crippen LogP contribution in [0.15, 0.2) is 0 Å². The molecule has 2 fully saturated rings. The van der Waals surface area contributed by atoms with Crippen molar-refractivity contribution in [3.63, 3.8) is 0 Å². The predicted molar refractivity (Wildman–Crippen MR) is 58.6 cm³/mol. The monoisotopic (exact) mass is 211 g/mol. The van der Waals surface area contributed by atoms with Crippen LogP contribution in [0.4, 0.5) is 0 Å². The molecule has 0 aliphatic heterocycles. The van der Waals surface area contributed by atoms with Crippen molar-refractivity contribution in [3.8, 4) is 0 Å². The molecule has 3 heteroatoms. The van der Waals surface area contributed by atoms with Crippen molar-refractivity contribution in [2.45, 2.75) is 44.6 Å². The maximum atomic E-state index is 11.5. The highest BCUT2D eigenvalue weighted by molar-refractivity contribution is 5.82. The molecule has 2 aliphatic carbocycles. The van der Waals surface area contributed by atoms with E-state index in [-0.39, 0.29) is 6.61 Å². The molecule has 0 aromatic rings. The van der Waals surface area contributed by atoms with Crippen LogP contribution in [0.1, 0.15) is 38.5 Å². The first kappa shape index (κ1) is 11.1. The third kappa shape index (κ3) is 3.02. The van der Waals surface area contributed by atoms with Gasteiger partial charge in [-0.2, -0.15) is 0 Å². The van der Waals surface area contributed by atoms with Crippen molar-refractivity contribution < 1.29 is 9.90 Å². The summed E-state index contributed by atoms with van der Waals surface area (Å²) in [6, 6.07) is 0.702. The van der Waals surface area contributed by atoms with Crippen LogP contribution in [-0.2, 0) is 4.79 Å². The van der Waals surface area contributed by atoms with Gasteiger partial charge in [-0.25, -0.2) is 0 Å². The minimum atomic E-state index is 0.245. The maximum absolute atomic E-state index is 11.5. The molecular formula is C12H21NO2. The number of rotatable bonds is 6. The second-order valence-electron chi connectivity index (χ2n) is 4.83. The van der Waals surface area contributed by atoms with Crippen LogP contribution in [0.25, 0.3) is 0 Å². The molecule has 0 bridgehead atoms. The molecule has 0 amide bonds. The molecule has 2 saturated carbocycles. The highest BCUT2D eigenvalue weighted by Gasteiger charge is 2.30. The Kier molecular flexibility index (Phi) is 3.76. The molecule has 1 atom stereocenters. The minimum Gasteiger partial charge on any atom is -0.395 e. The summed E-state index contributed by atoms with van der Waals surface area (Å²) in [7, 11) is 0. The quantitative estimate of drug-likeness (QED) is 0.717. The third-order valence-corrected chi connectivity index (χ3v) is 3.65. The van der Waals surface area contributed by atoms with Gasteiger partial charge in [-0.3, -0.25) is 9.69 Å². The number of Topliss-reactive ketones (excluding diaryl/α,β-unsaturated/α-hetero) is 1. The molecule has 0 heterocycles. The van der Waals surface area contributed by atoms with Gasteiger partial charge in [-0.15, -0.1) is 0 Å². The zero-order valence-electron chi connectivity index (χ0n) is 9.32. The second-order valence-corrected chi connectivity index (χ2v) is 4.83. The summed E-state index contributed by atoms with van der Waals surface area (Å²) < 4.78 is 0. The number of aliphatic hydroxyl groups excluding tert-OH is 1. The zero-order valence-corrected chi connectivity index (χ0v) is 9.32. The summed E-state index contributed by atoms with van der Waals surface area (Å²) in [6.45, 7) is 2.03. The van der Waals surface area contributed by atoms with Crippen LogP contribution in [0, 0.1) is 5.92 Å². The Hall–Kier alpha value is -0.410. The van der Waals surface area contributed by atoms with Gasteiger partial charge in [-0.05, 0) is 38.6 Å². The molecular weight excluding hydrogens is 190 g/mol. The summed E-state index contributed by atoms with van der Waals surface area (Å²) in [6.07, 6.45) is 6.55. The summed E-state index contributed by atoms with van der Waals surface area (Å²) in [4.78, 5) is 13.8. The van der Waals surface area contributed by atoms with Crippen molar-refractivity contribution in [1.29, 1.82) is 0 Å². The van der Waals surface area contributed by atoms with Gasteiger partial charge in [0.1, 0.15) is 5.78 Å². The number of hydrogen-bond acceptors (Lipinski definition) is 3. The van der Waals surface area contributed by atoms with Crippen molar-refractivity contribution in [2.24, 2.45) is 5.92 Å². The molecule has 2 rings (SSSR count). The van der Waals surface area contributed by atoms with Gasteiger partial charge in [0, 0.05) is 24.9 Å². The molecule has 1 unspecified atom stereocenters. The summed E-state index contributed by atoms with van der Waals surface area (Å²) in [5.74, 6) is 0.791. The first-order chi connectivity index (χ1) is 7.31. The highest BCUT2D eigenvalue weighted by Crippen LogP contribution is 2.29. The van der Waals surface area contributed by atoms with Gasteiger partial charge in [0.05, 0.1) is 6.61 Å². The van der Waals surface area contributed by atoms with Gasteiger partial charge >= 0.3 is 0 Å². The van der Waals surface area contributed by atoms with Crippen LogP contribution >= 0.6 is 0 Å². The van der Waals surface area contributed by atoms with Crippen LogP contribution in [-0.4, -0.2) is 41.5 Å². The number of aliphatic hydroxyl groups is 1. The number of carbonyl (C=O) groups is 1. The van der Waals surface area contributed by atoms with Crippen LogP contribution in [0.3, 0.4) is 0 Å². The molecule has 2 aliphatic rings. The van der Waals surface area contributed by atoms with Crippen LogP contribution in [0.2, 0.25) is 0 Å². The molecule has 15 heavy (non-hydrogen) atoms. The first-order valence-corrected chi connectivity index (χ1v) is 6.19. The average Bonchev–Trinajstić information content (AvgIpc) is 2.98. The lowest BCUT2D eigenvalue weighted by molar-refractivity contribution is -0.120. The Morgan fingerprint density at radius 2 is 2.07 bits per heavy atom. The van der Waals surface area contributed by atoms with E-state index < -0.39 is 0 Å². The van der Waals surface area contributed by atoms with Crippen molar-refractivity contribution in [1.82, 2.24) is 4.90 Å². The zero-order chi connectivity index (χ0) is 10.7. The van der Waals surface area contributed by atoms with Crippen molar-refractivity contribution in [3.05, 3.63) is 0 Å². The molecule has 0 aromatic heterocycles. The SMILES string of the molecule is O=C1CCCC1CCN(CCO)C1CC1. The lowest BCUT2D eigenvalue weighted by Crippen LogP contribution is -2.31. The van der Waals surface area contributed by atoms with E-state index in [0.717, 1.165) is 38.8 Å². The molecule has 0 spiro atoms. The Morgan fingerprint density at radius 3 is 2.60 bits per heavy atom. The lowest BCUT2D eigenvalue weighted by Gasteiger charge is -2.22. The summed E-state index contributed by atoms with van der Waals surface area (Å²) >= 11 is 0. The van der Waals surface area contributed by atoms with E-state index in [0.29, 0.717) is 17.7 Å². The molecule has 86 valence electrons. The Balaban J connectivity index is 1.72. The standard InChI is InChI=1S/C12H21NO2/c14-9-8-13(11-4-5-11)7-6-10-2-1-3-12(10)15/h10-11,14H,1-9H2. The molecule has 0 aromatic carbocycles. The third-order valence-electron chi connectivity index (χ3n) is 3.65. The van der Waals surface area contributed by atoms with E-state index in [2.05, 4.69) is 4.90 Å². The van der Waals surface area contributed by atoms with Crippen LogP contribution in [0.5, 0.6) is 0 Å². The van der Waals surface area contributed by atoms with Gasteiger partial charge in [0.15, 0.2) is 0 Å². The highest BCUT2D eigenvalue weighted by atomic mass is 16.3.